The van der Waals surface area contributed by atoms with Gasteiger partial charge in [-0.05, 0) is 42.8 Å². The average Bonchev–Trinajstić information content (AvgIpc) is 3.14. The van der Waals surface area contributed by atoms with Gasteiger partial charge in [0.2, 0.25) is 0 Å². The molecule has 0 amide bonds. The molecule has 6 heteroatoms. The second kappa shape index (κ2) is 9.66. The summed E-state index contributed by atoms with van der Waals surface area (Å²) in [6.45, 7) is 3.90. The summed E-state index contributed by atoms with van der Waals surface area (Å²) in [6, 6.07) is 13.1. The Balaban J connectivity index is 1.45. The number of nitrogens with zero attached hydrogens (tertiary/aromatic N) is 1. The zero-order chi connectivity index (χ0) is 19.9. The summed E-state index contributed by atoms with van der Waals surface area (Å²) < 4.78 is 24.5. The molecule has 150 valence electrons. The molecule has 2 unspecified atom stereocenters. The van der Waals surface area contributed by atoms with Gasteiger partial charge in [-0.3, -0.25) is 9.69 Å². The average molecular weight is 387 g/mol. The molecule has 0 saturated carbocycles. The summed E-state index contributed by atoms with van der Waals surface area (Å²) in [5, 5.41) is 10.3. The molecule has 2 aromatic carbocycles. The Morgan fingerprint density at radius 2 is 2.00 bits per heavy atom. The van der Waals surface area contributed by atoms with Crippen molar-refractivity contribution in [1.82, 2.24) is 4.90 Å². The number of aliphatic hydroxyl groups is 1. The Labute approximate surface area is 164 Å². The first-order chi connectivity index (χ1) is 13.5. The van der Waals surface area contributed by atoms with Crippen molar-refractivity contribution in [3.05, 3.63) is 59.9 Å². The van der Waals surface area contributed by atoms with Crippen LogP contribution in [0.5, 0.6) is 11.5 Å². The largest absolute Gasteiger partial charge is 0.490 e. The molecule has 0 bridgehead atoms. The van der Waals surface area contributed by atoms with Crippen molar-refractivity contribution in [2.45, 2.75) is 32.0 Å². The summed E-state index contributed by atoms with van der Waals surface area (Å²) in [4.78, 5) is 14.1. The number of para-hydroxylation sites is 1. The maximum Gasteiger partial charge on any atom is 0.166 e. The first kappa shape index (κ1) is 20.3. The van der Waals surface area contributed by atoms with Crippen molar-refractivity contribution in [2.24, 2.45) is 0 Å². The number of hydrogen-bond donors (Lipinski definition) is 1. The molecule has 1 aliphatic rings. The maximum absolute atomic E-state index is 13.0. The molecule has 1 fully saturated rings. The van der Waals surface area contributed by atoms with Gasteiger partial charge in [0.1, 0.15) is 36.1 Å². The quantitative estimate of drug-likeness (QED) is 0.669. The van der Waals surface area contributed by atoms with Crippen LogP contribution in [0, 0.1) is 5.82 Å². The number of likely N-dealkylation sites (tertiary alicyclic amines) is 1. The molecule has 0 aliphatic carbocycles. The van der Waals surface area contributed by atoms with E-state index in [-0.39, 0.29) is 24.3 Å². The van der Waals surface area contributed by atoms with Crippen LogP contribution in [0.15, 0.2) is 48.5 Å². The standard InChI is InChI=1S/C22H26FNO4/c1-2-21(26)20-5-3-4-6-22(20)27-15-17(25)13-24-12-11-19(14-24)28-18-9-7-16(23)8-10-18/h3-10,17,19,25H,2,11-15H2,1H3. The number of carbonyl (C=O) groups excluding carboxylic acids is 1. The van der Waals surface area contributed by atoms with Gasteiger partial charge in [0.15, 0.2) is 5.78 Å². The fraction of sp³-hybridized carbons (Fsp3) is 0.409. The van der Waals surface area contributed by atoms with Gasteiger partial charge < -0.3 is 14.6 Å². The van der Waals surface area contributed by atoms with Crippen LogP contribution in [-0.2, 0) is 0 Å². The summed E-state index contributed by atoms with van der Waals surface area (Å²) in [5.74, 6) is 0.887. The number of ether oxygens (including phenoxy) is 2. The Kier molecular flexibility index (Phi) is 7.01. The highest BCUT2D eigenvalue weighted by atomic mass is 19.1. The van der Waals surface area contributed by atoms with E-state index in [1.165, 1.54) is 12.1 Å². The number of carbonyl (C=O) groups is 1. The third-order valence-corrected chi connectivity index (χ3v) is 4.75. The summed E-state index contributed by atoms with van der Waals surface area (Å²) >= 11 is 0. The first-order valence-corrected chi connectivity index (χ1v) is 9.62. The second-order valence-corrected chi connectivity index (χ2v) is 6.98. The number of halogens is 1. The monoisotopic (exact) mass is 387 g/mol. The van der Waals surface area contributed by atoms with Crippen LogP contribution in [0.4, 0.5) is 4.39 Å². The molecule has 1 aliphatic heterocycles. The normalized spacial score (nSPS) is 18.0. The molecule has 0 spiro atoms. The van der Waals surface area contributed by atoms with Crippen LogP contribution in [0.2, 0.25) is 0 Å². The fourth-order valence-corrected chi connectivity index (χ4v) is 3.31. The van der Waals surface area contributed by atoms with Gasteiger partial charge in [-0.2, -0.15) is 0 Å². The van der Waals surface area contributed by atoms with Crippen LogP contribution in [0.3, 0.4) is 0 Å². The highest BCUT2D eigenvalue weighted by molar-refractivity contribution is 5.98. The second-order valence-electron chi connectivity index (χ2n) is 6.98. The van der Waals surface area contributed by atoms with Crippen LogP contribution < -0.4 is 9.47 Å². The number of hydrogen-bond acceptors (Lipinski definition) is 5. The molecule has 1 saturated heterocycles. The van der Waals surface area contributed by atoms with Crippen LogP contribution in [-0.4, -0.2) is 54.2 Å². The van der Waals surface area contributed by atoms with Gasteiger partial charge >= 0.3 is 0 Å². The predicted octanol–water partition coefficient (Wildman–Crippen LogP) is 3.31. The SMILES string of the molecule is CCC(=O)c1ccccc1OCC(O)CN1CCC(Oc2ccc(F)cc2)C1. The minimum Gasteiger partial charge on any atom is -0.490 e. The molecule has 2 aromatic rings. The zero-order valence-corrected chi connectivity index (χ0v) is 16.0. The molecular weight excluding hydrogens is 361 g/mol. The molecule has 1 heterocycles. The van der Waals surface area contributed by atoms with Gasteiger partial charge in [0.25, 0.3) is 0 Å². The Morgan fingerprint density at radius 3 is 2.75 bits per heavy atom. The van der Waals surface area contributed by atoms with E-state index < -0.39 is 6.10 Å². The minimum atomic E-state index is -0.672. The van der Waals surface area contributed by atoms with Crippen molar-refractivity contribution in [3.8, 4) is 11.5 Å². The Morgan fingerprint density at radius 1 is 1.25 bits per heavy atom. The van der Waals surface area contributed by atoms with E-state index in [0.29, 0.717) is 36.6 Å². The summed E-state index contributed by atoms with van der Waals surface area (Å²) in [7, 11) is 0. The van der Waals surface area contributed by atoms with Gasteiger partial charge in [-0.1, -0.05) is 19.1 Å². The molecule has 1 N–H and O–H groups in total. The first-order valence-electron chi connectivity index (χ1n) is 9.62. The van der Waals surface area contributed by atoms with E-state index in [4.69, 9.17) is 9.47 Å². The van der Waals surface area contributed by atoms with E-state index in [1.807, 2.05) is 13.0 Å². The van der Waals surface area contributed by atoms with E-state index in [2.05, 4.69) is 4.90 Å². The lowest BCUT2D eigenvalue weighted by molar-refractivity contribution is 0.0710. The fourth-order valence-electron chi connectivity index (χ4n) is 3.31. The van der Waals surface area contributed by atoms with E-state index in [0.717, 1.165) is 13.0 Å². The van der Waals surface area contributed by atoms with Gasteiger partial charge in [0.05, 0.1) is 5.56 Å². The number of rotatable bonds is 9. The van der Waals surface area contributed by atoms with E-state index >= 15 is 0 Å². The van der Waals surface area contributed by atoms with Crippen molar-refractivity contribution < 1.29 is 23.8 Å². The molecular formula is C22H26FNO4. The third-order valence-electron chi connectivity index (χ3n) is 4.75. The molecule has 0 aromatic heterocycles. The van der Waals surface area contributed by atoms with Gasteiger partial charge in [-0.25, -0.2) is 4.39 Å². The topological polar surface area (TPSA) is 59.0 Å². The minimum absolute atomic E-state index is 0.0153. The lowest BCUT2D eigenvalue weighted by Gasteiger charge is -2.21. The number of aliphatic hydroxyl groups excluding tert-OH is 1. The highest BCUT2D eigenvalue weighted by Crippen LogP contribution is 2.21. The smallest absolute Gasteiger partial charge is 0.166 e. The third kappa shape index (κ3) is 5.53. The molecule has 0 radical (unpaired) electrons. The highest BCUT2D eigenvalue weighted by Gasteiger charge is 2.26. The predicted molar refractivity (Wildman–Crippen MR) is 104 cm³/mol. The molecule has 3 rings (SSSR count). The Hall–Kier alpha value is -2.44. The number of Topliss-reactive ketones (excluding diaryl/α,β-unsaturated/α-hetero) is 1. The number of β-amino-alcohol motifs (C(OH)–C–C–N with tert-alkyl or cyclic N) is 1. The van der Waals surface area contributed by atoms with Gasteiger partial charge in [-0.15, -0.1) is 0 Å². The lowest BCUT2D eigenvalue weighted by Crippen LogP contribution is -2.35. The molecule has 5 nitrogen and oxygen atoms in total. The maximum atomic E-state index is 13.0. The summed E-state index contributed by atoms with van der Waals surface area (Å²) in [5.41, 5.74) is 0.547. The van der Waals surface area contributed by atoms with Crippen molar-refractivity contribution in [2.75, 3.05) is 26.2 Å². The van der Waals surface area contributed by atoms with Crippen LogP contribution in [0.1, 0.15) is 30.1 Å². The zero-order valence-electron chi connectivity index (χ0n) is 16.0. The van der Waals surface area contributed by atoms with Crippen molar-refractivity contribution in [3.63, 3.8) is 0 Å². The van der Waals surface area contributed by atoms with Crippen molar-refractivity contribution >= 4 is 5.78 Å². The van der Waals surface area contributed by atoms with E-state index in [9.17, 15) is 14.3 Å². The Bertz CT molecular complexity index is 780. The summed E-state index contributed by atoms with van der Waals surface area (Å²) in [6.07, 6.45) is 0.598. The van der Waals surface area contributed by atoms with Gasteiger partial charge in [0, 0.05) is 26.1 Å². The van der Waals surface area contributed by atoms with Crippen LogP contribution >= 0.6 is 0 Å². The number of ketones is 1. The number of benzene rings is 2. The van der Waals surface area contributed by atoms with E-state index in [1.54, 1.807) is 30.3 Å². The van der Waals surface area contributed by atoms with Crippen LogP contribution in [0.25, 0.3) is 0 Å². The van der Waals surface area contributed by atoms with Crippen molar-refractivity contribution in [1.29, 1.82) is 0 Å². The molecule has 28 heavy (non-hydrogen) atoms. The lowest BCUT2D eigenvalue weighted by atomic mass is 10.1. The molecule has 2 atom stereocenters.